The molecule has 2 heterocycles. The van der Waals surface area contributed by atoms with E-state index in [4.69, 9.17) is 13.7 Å². The van der Waals surface area contributed by atoms with Crippen LogP contribution in [0.3, 0.4) is 0 Å². The lowest BCUT2D eigenvalue weighted by molar-refractivity contribution is 0.0740. The Kier molecular flexibility index (Phi) is 4.63. The molecule has 7 heteroatoms. The summed E-state index contributed by atoms with van der Waals surface area (Å²) in [6.07, 6.45) is 0. The summed E-state index contributed by atoms with van der Waals surface area (Å²) in [6.45, 7) is 0.166. The standard InChI is InChI=1S/C24H19N3O4/c1-27(14-22-25-23(26-31-22)16-7-10-17(29-2)11-8-16)24(28)21-13-19-18-6-4-3-5-15(18)9-12-20(19)30-21/h3-13H,14H2,1-2H3. The van der Waals surface area contributed by atoms with E-state index in [9.17, 15) is 4.79 Å². The van der Waals surface area contributed by atoms with E-state index in [1.807, 2.05) is 60.7 Å². The van der Waals surface area contributed by atoms with Gasteiger partial charge in [0, 0.05) is 18.0 Å². The molecule has 0 atom stereocenters. The summed E-state index contributed by atoms with van der Waals surface area (Å²) in [7, 11) is 3.28. The minimum absolute atomic E-state index is 0.166. The Morgan fingerprint density at radius 1 is 1.03 bits per heavy atom. The normalized spacial score (nSPS) is 11.2. The quantitative estimate of drug-likeness (QED) is 0.407. The van der Waals surface area contributed by atoms with E-state index < -0.39 is 0 Å². The van der Waals surface area contributed by atoms with Crippen LogP contribution in [0, 0.1) is 0 Å². The number of fused-ring (bicyclic) bond motifs is 3. The Morgan fingerprint density at radius 3 is 2.65 bits per heavy atom. The van der Waals surface area contributed by atoms with Crippen LogP contribution in [0.25, 0.3) is 33.1 Å². The molecule has 31 heavy (non-hydrogen) atoms. The minimum atomic E-state index is -0.260. The second kappa shape index (κ2) is 7.60. The molecule has 154 valence electrons. The summed E-state index contributed by atoms with van der Waals surface area (Å²) >= 11 is 0. The topological polar surface area (TPSA) is 81.6 Å². The molecule has 0 saturated carbocycles. The number of methoxy groups -OCH3 is 1. The van der Waals surface area contributed by atoms with Crippen molar-refractivity contribution in [1.82, 2.24) is 15.0 Å². The molecule has 2 aromatic heterocycles. The number of nitrogens with zero attached hydrogens (tertiary/aromatic N) is 3. The zero-order valence-electron chi connectivity index (χ0n) is 17.0. The second-order valence-corrected chi connectivity index (χ2v) is 7.21. The summed E-state index contributed by atoms with van der Waals surface area (Å²) in [5.74, 6) is 1.54. The molecule has 0 saturated heterocycles. The molecule has 0 bridgehead atoms. The number of ether oxygens (including phenoxy) is 1. The molecule has 1 amide bonds. The van der Waals surface area contributed by atoms with Crippen LogP contribution in [0.15, 0.2) is 75.7 Å². The molecule has 5 aromatic rings. The fourth-order valence-corrected chi connectivity index (χ4v) is 3.54. The number of rotatable bonds is 5. The van der Waals surface area contributed by atoms with E-state index in [1.165, 1.54) is 4.90 Å². The predicted octanol–water partition coefficient (Wildman–Crippen LogP) is 4.92. The monoisotopic (exact) mass is 413 g/mol. The third kappa shape index (κ3) is 3.50. The molecule has 0 N–H and O–H groups in total. The maximum atomic E-state index is 12.9. The number of hydrogen-bond acceptors (Lipinski definition) is 6. The van der Waals surface area contributed by atoms with Crippen LogP contribution in [0.5, 0.6) is 5.75 Å². The molecule has 0 radical (unpaired) electrons. The van der Waals surface area contributed by atoms with Gasteiger partial charge in [-0.1, -0.05) is 35.5 Å². The van der Waals surface area contributed by atoms with Gasteiger partial charge in [0.25, 0.3) is 5.91 Å². The highest BCUT2D eigenvalue weighted by Crippen LogP contribution is 2.29. The van der Waals surface area contributed by atoms with Gasteiger partial charge in [0.2, 0.25) is 11.7 Å². The third-order valence-corrected chi connectivity index (χ3v) is 5.17. The fourth-order valence-electron chi connectivity index (χ4n) is 3.54. The van der Waals surface area contributed by atoms with E-state index in [-0.39, 0.29) is 18.2 Å². The number of carbonyl (C=O) groups is 1. The Morgan fingerprint density at radius 2 is 1.84 bits per heavy atom. The summed E-state index contributed by atoms with van der Waals surface area (Å²) in [5, 5.41) is 7.06. The lowest BCUT2D eigenvalue weighted by atomic mass is 10.1. The van der Waals surface area contributed by atoms with Crippen LogP contribution in [0.4, 0.5) is 0 Å². The number of hydrogen-bond donors (Lipinski definition) is 0. The van der Waals surface area contributed by atoms with E-state index in [0.29, 0.717) is 17.3 Å². The van der Waals surface area contributed by atoms with Crippen molar-refractivity contribution >= 4 is 27.6 Å². The molecule has 7 nitrogen and oxygen atoms in total. The number of furan rings is 1. The lowest BCUT2D eigenvalue weighted by Crippen LogP contribution is -2.25. The second-order valence-electron chi connectivity index (χ2n) is 7.21. The summed E-state index contributed by atoms with van der Waals surface area (Å²) < 4.78 is 16.3. The van der Waals surface area contributed by atoms with Gasteiger partial charge in [-0.05, 0) is 47.2 Å². The molecular formula is C24H19N3O4. The van der Waals surface area contributed by atoms with Crippen LogP contribution in [-0.2, 0) is 6.54 Å². The molecule has 0 fully saturated rings. The van der Waals surface area contributed by atoms with Gasteiger partial charge in [0.15, 0.2) is 5.76 Å². The number of amides is 1. The highest BCUT2D eigenvalue weighted by Gasteiger charge is 2.20. The average molecular weight is 413 g/mol. The molecule has 0 aliphatic carbocycles. The Bertz CT molecular complexity index is 1390. The molecule has 5 rings (SSSR count). The maximum Gasteiger partial charge on any atom is 0.289 e. The van der Waals surface area contributed by atoms with Gasteiger partial charge < -0.3 is 18.6 Å². The number of carbonyl (C=O) groups excluding carboxylic acids is 1. The molecule has 0 spiro atoms. The highest BCUT2D eigenvalue weighted by atomic mass is 16.5. The zero-order chi connectivity index (χ0) is 21.4. The van der Waals surface area contributed by atoms with Crippen LogP contribution < -0.4 is 4.74 Å². The molecule has 3 aromatic carbocycles. The first-order valence-electron chi connectivity index (χ1n) is 9.76. The van der Waals surface area contributed by atoms with Crippen molar-refractivity contribution < 1.29 is 18.5 Å². The van der Waals surface area contributed by atoms with E-state index in [2.05, 4.69) is 10.1 Å². The first-order valence-corrected chi connectivity index (χ1v) is 9.76. The Balaban J connectivity index is 1.36. The summed E-state index contributed by atoms with van der Waals surface area (Å²) in [4.78, 5) is 18.8. The fraction of sp³-hybridized carbons (Fsp3) is 0.125. The minimum Gasteiger partial charge on any atom is -0.497 e. The van der Waals surface area contributed by atoms with Crippen molar-refractivity contribution in [3.05, 3.63) is 78.4 Å². The van der Waals surface area contributed by atoms with Crippen LogP contribution >= 0.6 is 0 Å². The highest BCUT2D eigenvalue weighted by molar-refractivity contribution is 6.08. The summed E-state index contributed by atoms with van der Waals surface area (Å²) in [6, 6.07) is 21.0. The zero-order valence-corrected chi connectivity index (χ0v) is 17.0. The number of benzene rings is 3. The molecule has 0 aliphatic heterocycles. The van der Waals surface area contributed by atoms with Crippen LogP contribution in [0.1, 0.15) is 16.4 Å². The van der Waals surface area contributed by atoms with Crippen molar-refractivity contribution in [2.24, 2.45) is 0 Å². The van der Waals surface area contributed by atoms with Crippen molar-refractivity contribution in [1.29, 1.82) is 0 Å². The summed E-state index contributed by atoms with van der Waals surface area (Å²) in [5.41, 5.74) is 1.48. The van der Waals surface area contributed by atoms with Gasteiger partial charge in [-0.3, -0.25) is 4.79 Å². The largest absolute Gasteiger partial charge is 0.497 e. The lowest BCUT2D eigenvalue weighted by Gasteiger charge is -2.12. The van der Waals surface area contributed by atoms with Gasteiger partial charge in [-0.25, -0.2) is 0 Å². The van der Waals surface area contributed by atoms with Crippen molar-refractivity contribution in [3.63, 3.8) is 0 Å². The van der Waals surface area contributed by atoms with E-state index in [0.717, 1.165) is 27.5 Å². The van der Waals surface area contributed by atoms with Gasteiger partial charge in [0.1, 0.15) is 17.9 Å². The van der Waals surface area contributed by atoms with Crippen molar-refractivity contribution in [3.8, 4) is 17.1 Å². The third-order valence-electron chi connectivity index (χ3n) is 5.17. The average Bonchev–Trinajstić information content (AvgIpc) is 3.46. The van der Waals surface area contributed by atoms with Gasteiger partial charge in [-0.15, -0.1) is 0 Å². The van der Waals surface area contributed by atoms with Gasteiger partial charge >= 0.3 is 0 Å². The van der Waals surface area contributed by atoms with Gasteiger partial charge in [-0.2, -0.15) is 4.98 Å². The SMILES string of the molecule is COc1ccc(-c2noc(CN(C)C(=O)c3cc4c(ccc5ccccc54)o3)n2)cc1. The number of aromatic nitrogens is 2. The molecule has 0 aliphatic rings. The first-order chi connectivity index (χ1) is 15.1. The Labute approximate surface area is 177 Å². The van der Waals surface area contributed by atoms with Crippen molar-refractivity contribution in [2.75, 3.05) is 14.2 Å². The molecular weight excluding hydrogens is 394 g/mol. The maximum absolute atomic E-state index is 12.9. The predicted molar refractivity (Wildman–Crippen MR) is 116 cm³/mol. The van der Waals surface area contributed by atoms with Crippen LogP contribution in [0.2, 0.25) is 0 Å². The van der Waals surface area contributed by atoms with Crippen molar-refractivity contribution in [2.45, 2.75) is 6.54 Å². The first kappa shape index (κ1) is 18.9. The van der Waals surface area contributed by atoms with Crippen LogP contribution in [-0.4, -0.2) is 35.1 Å². The van der Waals surface area contributed by atoms with Gasteiger partial charge in [0.05, 0.1) is 7.11 Å². The molecule has 0 unspecified atom stereocenters. The van der Waals surface area contributed by atoms with E-state index >= 15 is 0 Å². The van der Waals surface area contributed by atoms with E-state index in [1.54, 1.807) is 20.2 Å². The Hall–Kier alpha value is -4.13. The smallest absolute Gasteiger partial charge is 0.289 e.